The van der Waals surface area contributed by atoms with Gasteiger partial charge >= 0.3 is 59.7 Å². The summed E-state index contributed by atoms with van der Waals surface area (Å²) in [5, 5.41) is 18.4. The van der Waals surface area contributed by atoms with Crippen molar-refractivity contribution in [2.24, 2.45) is 0 Å². The van der Waals surface area contributed by atoms with Crippen LogP contribution in [0.1, 0.15) is 55.6 Å². The molecule has 10 rings (SSSR count). The largest absolute Gasteiger partial charge is 0.508 e. The lowest BCUT2D eigenvalue weighted by Gasteiger charge is -2.09. The van der Waals surface area contributed by atoms with Gasteiger partial charge in [-0.1, -0.05) is 121 Å². The average molecular weight is 1360 g/mol. The Kier molecular flexibility index (Phi) is 24.1. The van der Waals surface area contributed by atoms with E-state index in [9.17, 15) is 53.1 Å². The smallest absolute Gasteiger partial charge is 0.315 e. The zero-order valence-electron chi connectivity index (χ0n) is 53.8. The summed E-state index contributed by atoms with van der Waals surface area (Å²) in [6.07, 6.45) is -0.670. The molecule has 0 atom stereocenters. The van der Waals surface area contributed by atoms with Gasteiger partial charge in [-0.2, -0.15) is 0 Å². The highest BCUT2D eigenvalue weighted by Gasteiger charge is 2.18. The fourth-order valence-electron chi connectivity index (χ4n) is 9.87. The molecule has 508 valence electrons. The van der Waals surface area contributed by atoms with E-state index in [0.717, 1.165) is 0 Å². The normalized spacial score (nSPS) is 10.7. The van der Waals surface area contributed by atoms with Gasteiger partial charge in [0.25, 0.3) is 0 Å². The van der Waals surface area contributed by atoms with Crippen LogP contribution in [-0.2, 0) is 112 Å². The second-order valence-corrected chi connectivity index (χ2v) is 22.9. The van der Waals surface area contributed by atoms with E-state index in [0.29, 0.717) is 61.4 Å². The maximum Gasteiger partial charge on any atom is 0.315 e. The Bertz CT molecular complexity index is 4570. The van der Waals surface area contributed by atoms with Crippen LogP contribution in [0, 0.1) is 0 Å². The van der Waals surface area contributed by atoms with Gasteiger partial charge in [0.05, 0.1) is 64.2 Å². The lowest BCUT2D eigenvalue weighted by atomic mass is 10.1. The van der Waals surface area contributed by atoms with Crippen LogP contribution in [0.5, 0.6) is 57.5 Å². The molecule has 0 bridgehead atoms. The SMILES string of the molecule is O=C(O)Cc1ccc(OC(=O)Cc2ccc(OC(=O)Cc3ccc(OC(=O)Cc4ccc(OC(=O)Cc5ccc(OC(=O)Cc6ccc(OC(=O)Cc7ccc(OC(=O)Cc8ccc(OC(=O)Cc9ccc(OC(=O)Cc%10ccc(O)cc%10)cc9)cc8)cc7)cc6)cc5)cc4)cc3)cc2)cc1. The number of carbonyl (C=O) groups is 10. The molecule has 10 aromatic carbocycles. The number of hydrogen-bond donors (Lipinski definition) is 2. The summed E-state index contributed by atoms with van der Waals surface area (Å²) >= 11 is 0. The van der Waals surface area contributed by atoms with Gasteiger partial charge in [0.15, 0.2) is 0 Å². The van der Waals surface area contributed by atoms with Gasteiger partial charge in [0.2, 0.25) is 0 Å². The first-order valence-electron chi connectivity index (χ1n) is 31.4. The van der Waals surface area contributed by atoms with Crippen LogP contribution in [-0.4, -0.2) is 69.9 Å². The van der Waals surface area contributed by atoms with Gasteiger partial charge in [-0.25, -0.2) is 0 Å². The summed E-state index contributed by atoms with van der Waals surface area (Å²) < 4.78 is 49.2. The molecule has 2 N–H and O–H groups in total. The number of ether oxygens (including phenoxy) is 9. The number of aromatic hydroxyl groups is 1. The third-order valence-corrected chi connectivity index (χ3v) is 14.8. The van der Waals surface area contributed by atoms with E-state index < -0.39 is 59.7 Å². The first kappa shape index (κ1) is 70.5. The molecule has 0 amide bonds. The second kappa shape index (κ2) is 34.6. The van der Waals surface area contributed by atoms with Crippen molar-refractivity contribution in [1.29, 1.82) is 0 Å². The zero-order valence-corrected chi connectivity index (χ0v) is 53.8. The van der Waals surface area contributed by atoms with Gasteiger partial charge in [-0.05, 0) is 177 Å². The van der Waals surface area contributed by atoms with E-state index in [2.05, 4.69) is 0 Å². The van der Waals surface area contributed by atoms with Crippen molar-refractivity contribution in [2.75, 3.05) is 0 Å². The minimum Gasteiger partial charge on any atom is -0.508 e. The van der Waals surface area contributed by atoms with Crippen molar-refractivity contribution in [3.63, 3.8) is 0 Å². The number of phenols is 1. The van der Waals surface area contributed by atoms with Gasteiger partial charge in [-0.15, -0.1) is 0 Å². The molecule has 21 heteroatoms. The Morgan fingerprint density at radius 3 is 0.406 bits per heavy atom. The molecular formula is C80H62O21. The highest BCUT2D eigenvalue weighted by Crippen LogP contribution is 2.24. The van der Waals surface area contributed by atoms with Crippen molar-refractivity contribution in [3.05, 3.63) is 298 Å². The summed E-state index contributed by atoms with van der Waals surface area (Å²) in [5.41, 5.74) is 6.15. The molecule has 0 aliphatic heterocycles. The number of carbonyl (C=O) groups excluding carboxylic acids is 9. The maximum absolute atomic E-state index is 12.8. The van der Waals surface area contributed by atoms with Crippen molar-refractivity contribution in [3.8, 4) is 57.5 Å². The monoisotopic (exact) mass is 1360 g/mol. The molecule has 0 unspecified atom stereocenters. The third kappa shape index (κ3) is 23.5. The number of esters is 9. The van der Waals surface area contributed by atoms with Crippen LogP contribution >= 0.6 is 0 Å². The van der Waals surface area contributed by atoms with Crippen LogP contribution in [0.3, 0.4) is 0 Å². The Labute approximate surface area is 577 Å². The van der Waals surface area contributed by atoms with E-state index in [-0.39, 0.29) is 116 Å². The van der Waals surface area contributed by atoms with Crippen LogP contribution in [0.15, 0.2) is 243 Å². The van der Waals surface area contributed by atoms with E-state index in [1.807, 2.05) is 0 Å². The van der Waals surface area contributed by atoms with Crippen molar-refractivity contribution in [1.82, 2.24) is 0 Å². The molecule has 0 radical (unpaired) electrons. The molecule has 0 spiro atoms. The number of rotatable bonds is 29. The Morgan fingerprint density at radius 1 is 0.178 bits per heavy atom. The fraction of sp³-hybridized carbons (Fsp3) is 0.125. The minimum absolute atomic E-state index is 0.0245. The molecule has 0 fully saturated rings. The fourth-order valence-corrected chi connectivity index (χ4v) is 9.87. The van der Waals surface area contributed by atoms with Crippen molar-refractivity contribution in [2.45, 2.75) is 64.2 Å². The predicted molar refractivity (Wildman–Crippen MR) is 361 cm³/mol. The lowest BCUT2D eigenvalue weighted by Crippen LogP contribution is -2.13. The van der Waals surface area contributed by atoms with Crippen LogP contribution < -0.4 is 42.6 Å². The molecule has 0 aliphatic rings. The first-order valence-corrected chi connectivity index (χ1v) is 31.4. The quantitative estimate of drug-likeness (QED) is 0.0325. The molecule has 0 aliphatic carbocycles. The van der Waals surface area contributed by atoms with Gasteiger partial charge in [0.1, 0.15) is 57.5 Å². The van der Waals surface area contributed by atoms with E-state index in [1.54, 1.807) is 218 Å². The number of hydrogen-bond acceptors (Lipinski definition) is 20. The number of aliphatic carboxylic acids is 1. The van der Waals surface area contributed by atoms with Crippen LogP contribution in [0.2, 0.25) is 0 Å². The summed E-state index contributed by atoms with van der Waals surface area (Å²) in [5.74, 6) is -3.19. The number of benzene rings is 10. The summed E-state index contributed by atoms with van der Waals surface area (Å²) in [6.45, 7) is 0. The average Bonchev–Trinajstić information content (AvgIpc) is 0.916. The Morgan fingerprint density at radius 2 is 0.287 bits per heavy atom. The topological polar surface area (TPSA) is 294 Å². The summed E-state index contributed by atoms with van der Waals surface area (Å²) in [4.78, 5) is 125. The van der Waals surface area contributed by atoms with Crippen LogP contribution in [0.4, 0.5) is 0 Å². The molecule has 0 heterocycles. The van der Waals surface area contributed by atoms with Gasteiger partial charge in [0, 0.05) is 0 Å². The molecule has 0 saturated heterocycles. The van der Waals surface area contributed by atoms with Crippen molar-refractivity contribution < 1.29 is 101 Å². The molecule has 101 heavy (non-hydrogen) atoms. The predicted octanol–water partition coefficient (Wildman–Crippen LogP) is 11.4. The van der Waals surface area contributed by atoms with E-state index >= 15 is 0 Å². The molecule has 21 nitrogen and oxygen atoms in total. The van der Waals surface area contributed by atoms with Gasteiger partial charge in [-0.3, -0.25) is 47.9 Å². The Hall–Kier alpha value is -13.3. The van der Waals surface area contributed by atoms with Crippen molar-refractivity contribution >= 4 is 59.7 Å². The molecule has 0 saturated carbocycles. The standard InChI is InChI=1S/C80H62O21/c81-61-21-1-52(2-22-61)42-72(84)94-63-25-5-54(6-26-63)44-74(86)96-65-29-9-56(10-30-65)46-76(88)98-67-33-13-58(14-34-67)48-78(90)100-69-37-17-60(18-38-69)50-80(92)101-70-39-19-59(20-40-70)49-79(91)99-68-35-15-57(16-36-68)47-77(89)97-66-31-11-55(12-32-66)45-75(87)95-64-27-7-53(8-28-64)43-73(85)93-62-23-3-51(4-24-62)41-71(82)83/h1-40,81H,41-50H2,(H,82,83). The number of phenolic OH excluding ortho intramolecular Hbond substituents is 1. The molecule has 10 aromatic rings. The number of carboxylic acid groups (broad SMARTS) is 1. The Balaban J connectivity index is 0.565. The molecule has 0 aromatic heterocycles. The highest BCUT2D eigenvalue weighted by molar-refractivity contribution is 5.81. The maximum atomic E-state index is 12.8. The zero-order chi connectivity index (χ0) is 71.0. The third-order valence-electron chi connectivity index (χ3n) is 14.8. The number of carboxylic acids is 1. The summed E-state index contributed by atoms with van der Waals surface area (Å²) in [7, 11) is 0. The van der Waals surface area contributed by atoms with E-state index in [1.165, 1.54) is 24.3 Å². The van der Waals surface area contributed by atoms with E-state index in [4.69, 9.17) is 47.7 Å². The molecular weight excluding hydrogens is 1300 g/mol. The van der Waals surface area contributed by atoms with Crippen LogP contribution in [0.25, 0.3) is 0 Å². The van der Waals surface area contributed by atoms with Gasteiger partial charge < -0.3 is 52.8 Å². The first-order chi connectivity index (χ1) is 48.8. The second-order valence-electron chi connectivity index (χ2n) is 22.9. The summed E-state index contributed by atoms with van der Waals surface area (Å²) in [6, 6.07) is 63.6. The lowest BCUT2D eigenvalue weighted by molar-refractivity contribution is -0.137. The highest BCUT2D eigenvalue weighted by atomic mass is 16.6. The minimum atomic E-state index is -0.966.